The van der Waals surface area contributed by atoms with E-state index in [2.05, 4.69) is 4.99 Å². The lowest BCUT2D eigenvalue weighted by Crippen LogP contribution is -2.14. The number of carbonyl (C=O) groups is 2. The highest BCUT2D eigenvalue weighted by Gasteiger charge is 2.34. The van der Waals surface area contributed by atoms with Gasteiger partial charge in [0.15, 0.2) is 0 Å². The van der Waals surface area contributed by atoms with E-state index in [0.717, 1.165) is 17.3 Å². The van der Waals surface area contributed by atoms with Crippen molar-refractivity contribution in [2.75, 3.05) is 6.61 Å². The van der Waals surface area contributed by atoms with Gasteiger partial charge >= 0.3 is 5.97 Å². The van der Waals surface area contributed by atoms with Gasteiger partial charge in [0.2, 0.25) is 0 Å². The van der Waals surface area contributed by atoms with Crippen LogP contribution >= 0.6 is 35.0 Å². The van der Waals surface area contributed by atoms with Gasteiger partial charge in [-0.1, -0.05) is 58.7 Å². The van der Waals surface area contributed by atoms with Crippen molar-refractivity contribution in [2.45, 2.75) is 13.8 Å². The number of ether oxygens (including phenoxy) is 1. The lowest BCUT2D eigenvalue weighted by molar-refractivity contribution is -0.138. The van der Waals surface area contributed by atoms with Crippen LogP contribution in [0.3, 0.4) is 0 Å². The molecule has 1 heterocycles. The Kier molecular flexibility index (Phi) is 7.02. The Bertz CT molecular complexity index is 1100. The Hall–Kier alpha value is -2.54. The third-order valence-electron chi connectivity index (χ3n) is 4.12. The molecule has 0 saturated carbocycles. The topological polar surface area (TPSA) is 76.0 Å². The number of thioether (sulfide) groups is 1. The predicted molar refractivity (Wildman–Crippen MR) is 121 cm³/mol. The molecule has 0 aromatic heterocycles. The summed E-state index contributed by atoms with van der Waals surface area (Å²) in [6.07, 6.45) is 1.59. The number of carbonyl (C=O) groups excluding carboxylic acids is 2. The molecule has 0 saturated heterocycles. The molecule has 30 heavy (non-hydrogen) atoms. The van der Waals surface area contributed by atoms with Crippen molar-refractivity contribution in [3.8, 4) is 0 Å². The lowest BCUT2D eigenvalue weighted by Gasteiger charge is -2.03. The number of hydrogen-bond acceptors (Lipinski definition) is 5. The van der Waals surface area contributed by atoms with Crippen LogP contribution in [0.5, 0.6) is 0 Å². The fourth-order valence-electron chi connectivity index (χ4n) is 2.60. The van der Waals surface area contributed by atoms with Gasteiger partial charge in [-0.2, -0.15) is 0 Å². The summed E-state index contributed by atoms with van der Waals surface area (Å²) in [6, 6.07) is 11.8. The van der Waals surface area contributed by atoms with Gasteiger partial charge in [-0.25, -0.2) is 9.79 Å². The zero-order valence-electron chi connectivity index (χ0n) is 16.1. The molecular formula is C22H17Cl2NO4S. The van der Waals surface area contributed by atoms with Crippen LogP contribution in [0.2, 0.25) is 10.0 Å². The zero-order valence-corrected chi connectivity index (χ0v) is 18.4. The van der Waals surface area contributed by atoms with Crippen molar-refractivity contribution in [2.24, 2.45) is 4.99 Å². The molecule has 0 spiro atoms. The number of aryl methyl sites for hydroxylation is 1. The number of benzene rings is 2. The van der Waals surface area contributed by atoms with Gasteiger partial charge in [0.1, 0.15) is 16.4 Å². The van der Waals surface area contributed by atoms with Gasteiger partial charge in [-0.15, -0.1) is 0 Å². The molecule has 1 aliphatic rings. The highest BCUT2D eigenvalue weighted by molar-refractivity contribution is 8.18. The fourth-order valence-corrected chi connectivity index (χ4v) is 4.07. The molecule has 5 nitrogen and oxygen atoms in total. The molecular weight excluding hydrogens is 445 g/mol. The van der Waals surface area contributed by atoms with Crippen molar-refractivity contribution in [1.29, 1.82) is 0 Å². The SMILES string of the molecule is CCOC(=O)C1=C(O)/C(=C/c2ccc(Cl)cc2Cl)SC1=NC(=O)c1ccc(C)cc1. The minimum absolute atomic E-state index is 0.0628. The van der Waals surface area contributed by atoms with E-state index in [0.29, 0.717) is 26.1 Å². The first-order chi connectivity index (χ1) is 14.3. The van der Waals surface area contributed by atoms with E-state index in [4.69, 9.17) is 27.9 Å². The Balaban J connectivity index is 2.02. The second-order valence-electron chi connectivity index (χ2n) is 6.31. The average Bonchev–Trinajstić information content (AvgIpc) is 2.99. The van der Waals surface area contributed by atoms with E-state index in [1.807, 2.05) is 6.92 Å². The van der Waals surface area contributed by atoms with Crippen LogP contribution in [0.25, 0.3) is 6.08 Å². The Morgan fingerprint density at radius 1 is 1.17 bits per heavy atom. The summed E-state index contributed by atoms with van der Waals surface area (Å²) < 4.78 is 5.03. The minimum atomic E-state index is -0.761. The molecule has 0 bridgehead atoms. The third kappa shape index (κ3) is 4.95. The van der Waals surface area contributed by atoms with Crippen molar-refractivity contribution < 1.29 is 19.4 Å². The quantitative estimate of drug-likeness (QED) is 0.564. The monoisotopic (exact) mass is 461 g/mol. The van der Waals surface area contributed by atoms with E-state index < -0.39 is 11.9 Å². The highest BCUT2D eigenvalue weighted by atomic mass is 35.5. The van der Waals surface area contributed by atoms with E-state index in [-0.39, 0.29) is 23.0 Å². The molecule has 2 aromatic carbocycles. The smallest absolute Gasteiger partial charge is 0.344 e. The normalized spacial score (nSPS) is 16.4. The number of aliphatic imine (C=N–C) groups is 1. The summed E-state index contributed by atoms with van der Waals surface area (Å²) >= 11 is 13.1. The average molecular weight is 462 g/mol. The first-order valence-electron chi connectivity index (χ1n) is 8.95. The van der Waals surface area contributed by atoms with Gasteiger partial charge in [0.25, 0.3) is 5.91 Å². The number of hydrogen-bond donors (Lipinski definition) is 1. The van der Waals surface area contributed by atoms with Crippen LogP contribution in [-0.2, 0) is 9.53 Å². The summed E-state index contributed by atoms with van der Waals surface area (Å²) in [7, 11) is 0. The van der Waals surface area contributed by atoms with E-state index >= 15 is 0 Å². The number of amides is 1. The predicted octanol–water partition coefficient (Wildman–Crippen LogP) is 6.00. The number of aliphatic hydroxyl groups is 1. The molecule has 0 atom stereocenters. The van der Waals surface area contributed by atoms with Gasteiger partial charge < -0.3 is 9.84 Å². The maximum Gasteiger partial charge on any atom is 0.344 e. The summed E-state index contributed by atoms with van der Waals surface area (Å²) in [5, 5.41) is 11.6. The summed E-state index contributed by atoms with van der Waals surface area (Å²) in [6.45, 7) is 3.67. The number of aliphatic hydroxyl groups excluding tert-OH is 1. The molecule has 3 rings (SSSR count). The summed E-state index contributed by atoms with van der Waals surface area (Å²) in [5.41, 5.74) is 1.81. The molecule has 1 amide bonds. The second kappa shape index (κ2) is 9.51. The van der Waals surface area contributed by atoms with Crippen molar-refractivity contribution in [3.63, 3.8) is 0 Å². The molecule has 1 N–H and O–H groups in total. The van der Waals surface area contributed by atoms with Crippen molar-refractivity contribution in [1.82, 2.24) is 0 Å². The molecule has 8 heteroatoms. The van der Waals surface area contributed by atoms with E-state index in [1.165, 1.54) is 0 Å². The first-order valence-corrected chi connectivity index (χ1v) is 10.5. The molecule has 0 radical (unpaired) electrons. The third-order valence-corrected chi connectivity index (χ3v) is 5.70. The van der Waals surface area contributed by atoms with Crippen LogP contribution in [0.15, 0.2) is 63.7 Å². The van der Waals surface area contributed by atoms with Gasteiger partial charge in [0, 0.05) is 15.6 Å². The van der Waals surface area contributed by atoms with E-state index in [1.54, 1.807) is 55.5 Å². The van der Waals surface area contributed by atoms with Gasteiger partial charge in [-0.05, 0) is 49.8 Å². The standard InChI is InChI=1S/C22H17Cl2NO4S/c1-3-29-22(28)18-19(26)17(10-14-8-9-15(23)11-16(14)24)30-21(18)25-20(27)13-6-4-12(2)5-7-13/h4-11,26H,3H2,1-2H3/b17-10-,25-21?. The largest absolute Gasteiger partial charge is 0.506 e. The first kappa shape index (κ1) is 22.2. The Morgan fingerprint density at radius 2 is 1.87 bits per heavy atom. The minimum Gasteiger partial charge on any atom is -0.506 e. The molecule has 0 unspecified atom stereocenters. The number of nitrogens with zero attached hydrogens (tertiary/aromatic N) is 1. The molecule has 2 aromatic rings. The number of rotatable bonds is 4. The van der Waals surface area contributed by atoms with E-state index in [9.17, 15) is 14.7 Å². The lowest BCUT2D eigenvalue weighted by atomic mass is 10.1. The van der Waals surface area contributed by atoms with Crippen molar-refractivity contribution in [3.05, 3.63) is 85.4 Å². The maximum atomic E-state index is 12.6. The second-order valence-corrected chi connectivity index (χ2v) is 8.18. The van der Waals surface area contributed by atoms with Crippen LogP contribution < -0.4 is 0 Å². The highest BCUT2D eigenvalue weighted by Crippen LogP contribution is 2.40. The van der Waals surface area contributed by atoms with Crippen LogP contribution in [-0.4, -0.2) is 28.6 Å². The van der Waals surface area contributed by atoms with Gasteiger partial charge in [-0.3, -0.25) is 4.79 Å². The maximum absolute atomic E-state index is 12.6. The Morgan fingerprint density at radius 3 is 2.50 bits per heavy atom. The summed E-state index contributed by atoms with van der Waals surface area (Å²) in [4.78, 5) is 29.4. The molecule has 0 fully saturated rings. The van der Waals surface area contributed by atoms with Crippen LogP contribution in [0.4, 0.5) is 0 Å². The fraction of sp³-hybridized carbons (Fsp3) is 0.136. The summed E-state index contributed by atoms with van der Waals surface area (Å²) in [5.74, 6) is -1.61. The molecule has 154 valence electrons. The van der Waals surface area contributed by atoms with Gasteiger partial charge in [0.05, 0.1) is 11.5 Å². The molecule has 0 aliphatic carbocycles. The van der Waals surface area contributed by atoms with Crippen LogP contribution in [0.1, 0.15) is 28.4 Å². The molecule has 1 aliphatic heterocycles. The Labute approximate surface area is 188 Å². The zero-order chi connectivity index (χ0) is 21.8. The van der Waals surface area contributed by atoms with Crippen molar-refractivity contribution >= 4 is 58.0 Å². The van der Waals surface area contributed by atoms with Crippen LogP contribution in [0, 0.1) is 6.92 Å². The number of halogens is 2. The number of esters is 1.